The van der Waals surface area contributed by atoms with Crippen LogP contribution in [-0.4, -0.2) is 25.5 Å². The monoisotopic (exact) mass is 266 g/mol. The van der Waals surface area contributed by atoms with Crippen molar-refractivity contribution in [3.05, 3.63) is 47.5 Å². The first-order valence-corrected chi connectivity index (χ1v) is 6.47. The Morgan fingerprint density at radius 3 is 3.00 bits per heavy atom. The predicted molar refractivity (Wildman–Crippen MR) is 76.6 cm³/mol. The van der Waals surface area contributed by atoms with E-state index >= 15 is 0 Å². The highest BCUT2D eigenvalue weighted by atomic mass is 16.7. The average Bonchev–Trinajstić information content (AvgIpc) is 2.95. The molecule has 1 aliphatic rings. The van der Waals surface area contributed by atoms with E-state index in [1.165, 1.54) is 0 Å². The highest BCUT2D eigenvalue weighted by Gasteiger charge is 2.24. The van der Waals surface area contributed by atoms with E-state index in [1.807, 2.05) is 36.4 Å². The van der Waals surface area contributed by atoms with Crippen LogP contribution in [0.25, 0.3) is 10.8 Å². The Morgan fingerprint density at radius 1 is 1.35 bits per heavy atom. The molecule has 0 bridgehead atoms. The standard InChI is InChI=1S/C16H14N2O2/c1-19-10-12-8-16(18-20-12)14-7-6-11-4-2-3-5-13(11)15(14)9-17/h2-7,12H,8,10H2,1H3. The number of nitrogens with zero attached hydrogens (tertiary/aromatic N) is 2. The summed E-state index contributed by atoms with van der Waals surface area (Å²) in [6.07, 6.45) is 0.605. The number of fused-ring (bicyclic) bond motifs is 1. The Labute approximate surface area is 117 Å². The molecule has 1 aliphatic heterocycles. The summed E-state index contributed by atoms with van der Waals surface area (Å²) in [5.41, 5.74) is 2.32. The molecule has 1 heterocycles. The second kappa shape index (κ2) is 5.32. The zero-order valence-electron chi connectivity index (χ0n) is 11.2. The van der Waals surface area contributed by atoms with Crippen molar-refractivity contribution in [1.82, 2.24) is 0 Å². The summed E-state index contributed by atoms with van der Waals surface area (Å²) in [4.78, 5) is 5.33. The number of methoxy groups -OCH3 is 1. The van der Waals surface area contributed by atoms with Gasteiger partial charge in [0.15, 0.2) is 6.10 Å². The van der Waals surface area contributed by atoms with Crippen LogP contribution < -0.4 is 0 Å². The van der Waals surface area contributed by atoms with Gasteiger partial charge in [0.25, 0.3) is 0 Å². The molecule has 0 saturated heterocycles. The molecule has 20 heavy (non-hydrogen) atoms. The third-order valence-corrected chi connectivity index (χ3v) is 3.44. The summed E-state index contributed by atoms with van der Waals surface area (Å²) in [5, 5.41) is 15.6. The summed E-state index contributed by atoms with van der Waals surface area (Å²) >= 11 is 0. The van der Waals surface area contributed by atoms with Gasteiger partial charge in [-0.3, -0.25) is 0 Å². The van der Waals surface area contributed by atoms with Crippen molar-refractivity contribution in [3.63, 3.8) is 0 Å². The van der Waals surface area contributed by atoms with Gasteiger partial charge in [0.1, 0.15) is 6.07 Å². The van der Waals surface area contributed by atoms with E-state index in [4.69, 9.17) is 9.57 Å². The molecule has 3 rings (SSSR count). The van der Waals surface area contributed by atoms with Crippen molar-refractivity contribution in [2.24, 2.45) is 5.16 Å². The topological polar surface area (TPSA) is 54.6 Å². The quantitative estimate of drug-likeness (QED) is 0.858. The molecule has 4 heteroatoms. The lowest BCUT2D eigenvalue weighted by Gasteiger charge is -2.07. The van der Waals surface area contributed by atoms with Gasteiger partial charge < -0.3 is 9.57 Å². The fourth-order valence-electron chi connectivity index (χ4n) is 2.50. The normalized spacial score (nSPS) is 17.6. The van der Waals surface area contributed by atoms with E-state index in [0.717, 1.165) is 22.0 Å². The van der Waals surface area contributed by atoms with Crippen LogP contribution in [0.1, 0.15) is 17.5 Å². The number of oxime groups is 1. The van der Waals surface area contributed by atoms with E-state index in [1.54, 1.807) is 7.11 Å². The molecule has 0 spiro atoms. The number of rotatable bonds is 3. The van der Waals surface area contributed by atoms with Gasteiger partial charge in [-0.25, -0.2) is 0 Å². The third kappa shape index (κ3) is 2.13. The molecule has 0 fully saturated rings. The molecule has 2 aromatic rings. The summed E-state index contributed by atoms with van der Waals surface area (Å²) in [6.45, 7) is 0.502. The van der Waals surface area contributed by atoms with Gasteiger partial charge in [0.2, 0.25) is 0 Å². The van der Waals surface area contributed by atoms with Crippen LogP contribution in [0.4, 0.5) is 0 Å². The second-order valence-electron chi connectivity index (χ2n) is 4.75. The Hall–Kier alpha value is -2.38. The van der Waals surface area contributed by atoms with E-state index in [2.05, 4.69) is 11.2 Å². The molecular weight excluding hydrogens is 252 g/mol. The summed E-state index contributed by atoms with van der Waals surface area (Å²) < 4.78 is 5.07. The molecule has 0 N–H and O–H groups in total. The van der Waals surface area contributed by atoms with Gasteiger partial charge in [-0.2, -0.15) is 5.26 Å². The number of nitriles is 1. The van der Waals surface area contributed by atoms with Crippen LogP contribution in [0.3, 0.4) is 0 Å². The molecule has 4 nitrogen and oxygen atoms in total. The largest absolute Gasteiger partial charge is 0.389 e. The molecule has 2 aromatic carbocycles. The van der Waals surface area contributed by atoms with Crippen molar-refractivity contribution < 1.29 is 9.57 Å². The predicted octanol–water partition coefficient (Wildman–Crippen LogP) is 2.85. The van der Waals surface area contributed by atoms with Crippen molar-refractivity contribution in [2.45, 2.75) is 12.5 Å². The first-order chi connectivity index (χ1) is 9.83. The lowest BCUT2D eigenvalue weighted by molar-refractivity contribution is 0.0208. The maximum absolute atomic E-state index is 9.48. The van der Waals surface area contributed by atoms with Crippen molar-refractivity contribution in [2.75, 3.05) is 13.7 Å². The molecular formula is C16H14N2O2. The Bertz CT molecular complexity index is 716. The highest BCUT2D eigenvalue weighted by Crippen LogP contribution is 2.26. The van der Waals surface area contributed by atoms with E-state index in [9.17, 15) is 5.26 Å². The Morgan fingerprint density at radius 2 is 2.20 bits per heavy atom. The zero-order chi connectivity index (χ0) is 13.9. The fraction of sp³-hybridized carbons (Fsp3) is 0.250. The van der Waals surface area contributed by atoms with Crippen LogP contribution in [0.2, 0.25) is 0 Å². The Kier molecular flexibility index (Phi) is 3.36. The highest BCUT2D eigenvalue weighted by molar-refractivity contribution is 6.07. The SMILES string of the molecule is COCC1CC(c2ccc3ccccc3c2C#N)=NO1. The van der Waals surface area contributed by atoms with Crippen molar-refractivity contribution in [1.29, 1.82) is 5.26 Å². The fourth-order valence-corrected chi connectivity index (χ4v) is 2.50. The lowest BCUT2D eigenvalue weighted by atomic mass is 9.95. The molecule has 0 amide bonds. The number of hydrogen-bond acceptors (Lipinski definition) is 4. The molecule has 100 valence electrons. The number of hydrogen-bond donors (Lipinski definition) is 0. The second-order valence-corrected chi connectivity index (χ2v) is 4.75. The molecule has 1 atom stereocenters. The minimum atomic E-state index is -0.0620. The van der Waals surface area contributed by atoms with Gasteiger partial charge in [-0.1, -0.05) is 41.6 Å². The Balaban J connectivity index is 2.03. The first kappa shape index (κ1) is 12.6. The molecule has 0 radical (unpaired) electrons. The maximum Gasteiger partial charge on any atom is 0.156 e. The third-order valence-electron chi connectivity index (χ3n) is 3.44. The average molecular weight is 266 g/mol. The van der Waals surface area contributed by atoms with Crippen LogP contribution >= 0.6 is 0 Å². The van der Waals surface area contributed by atoms with Gasteiger partial charge in [-0.05, 0) is 5.39 Å². The van der Waals surface area contributed by atoms with Gasteiger partial charge >= 0.3 is 0 Å². The van der Waals surface area contributed by atoms with Gasteiger partial charge in [0.05, 0.1) is 17.9 Å². The first-order valence-electron chi connectivity index (χ1n) is 6.47. The number of benzene rings is 2. The molecule has 0 aliphatic carbocycles. The molecule has 0 aromatic heterocycles. The summed E-state index contributed by atoms with van der Waals surface area (Å²) in [6, 6.07) is 14.1. The van der Waals surface area contributed by atoms with Crippen LogP contribution in [-0.2, 0) is 9.57 Å². The number of ether oxygens (including phenoxy) is 1. The minimum Gasteiger partial charge on any atom is -0.389 e. The van der Waals surface area contributed by atoms with Crippen molar-refractivity contribution in [3.8, 4) is 6.07 Å². The summed E-state index contributed by atoms with van der Waals surface area (Å²) in [5.74, 6) is 0. The molecule has 1 unspecified atom stereocenters. The smallest absolute Gasteiger partial charge is 0.156 e. The van der Waals surface area contributed by atoms with Crippen molar-refractivity contribution >= 4 is 16.5 Å². The maximum atomic E-state index is 9.48. The van der Waals surface area contributed by atoms with Gasteiger partial charge in [-0.15, -0.1) is 0 Å². The van der Waals surface area contributed by atoms with Crippen LogP contribution in [0, 0.1) is 11.3 Å². The van der Waals surface area contributed by atoms with Crippen LogP contribution in [0.15, 0.2) is 41.6 Å². The van der Waals surface area contributed by atoms with Gasteiger partial charge in [0, 0.05) is 24.5 Å². The van der Waals surface area contributed by atoms with Crippen LogP contribution in [0.5, 0.6) is 0 Å². The summed E-state index contributed by atoms with van der Waals surface area (Å²) in [7, 11) is 1.64. The minimum absolute atomic E-state index is 0.0620. The lowest BCUT2D eigenvalue weighted by Crippen LogP contribution is -2.15. The van der Waals surface area contributed by atoms with E-state index in [0.29, 0.717) is 18.6 Å². The molecule has 0 saturated carbocycles. The zero-order valence-corrected chi connectivity index (χ0v) is 11.2. The van der Waals surface area contributed by atoms with E-state index < -0.39 is 0 Å². The van der Waals surface area contributed by atoms with E-state index in [-0.39, 0.29) is 6.10 Å².